The van der Waals surface area contributed by atoms with Crippen LogP contribution >= 0.6 is 15.9 Å². The molecule has 1 N–H and O–H groups in total. The molecule has 0 bridgehead atoms. The molecule has 1 aliphatic rings. The van der Waals surface area contributed by atoms with Crippen molar-refractivity contribution in [3.63, 3.8) is 0 Å². The predicted molar refractivity (Wildman–Crippen MR) is 61.0 cm³/mol. The van der Waals surface area contributed by atoms with Crippen molar-refractivity contribution in [2.24, 2.45) is 0 Å². The van der Waals surface area contributed by atoms with E-state index in [-0.39, 0.29) is 11.7 Å². The minimum absolute atomic E-state index is 0.0304. The molecule has 1 aromatic carbocycles. The van der Waals surface area contributed by atoms with E-state index < -0.39 is 5.97 Å². The second kappa shape index (κ2) is 4.84. The molecule has 1 unspecified atom stereocenters. The highest BCUT2D eigenvalue weighted by Crippen LogP contribution is 2.24. The Balaban J connectivity index is 2.15. The third-order valence-corrected chi connectivity index (χ3v) is 3.05. The van der Waals surface area contributed by atoms with E-state index in [0.29, 0.717) is 23.4 Å². The summed E-state index contributed by atoms with van der Waals surface area (Å²) in [6.07, 6.45) is 0.876. The molecule has 16 heavy (non-hydrogen) atoms. The first-order chi connectivity index (χ1) is 7.66. The lowest BCUT2D eigenvalue weighted by molar-refractivity contribution is 0.0695. The molecule has 1 fully saturated rings. The fourth-order valence-corrected chi connectivity index (χ4v) is 1.96. The molecule has 1 aliphatic heterocycles. The maximum Gasteiger partial charge on any atom is 0.336 e. The SMILES string of the molecule is O=C(O)c1cc(OC2CCOC2)ccc1Br. The van der Waals surface area contributed by atoms with Gasteiger partial charge < -0.3 is 14.6 Å². The van der Waals surface area contributed by atoms with Crippen LogP contribution in [0.3, 0.4) is 0 Å². The zero-order valence-electron chi connectivity index (χ0n) is 8.48. The lowest BCUT2D eigenvalue weighted by Gasteiger charge is -2.12. The molecular formula is C11H11BrO4. The van der Waals surface area contributed by atoms with Gasteiger partial charge in [-0.2, -0.15) is 0 Å². The van der Waals surface area contributed by atoms with Crippen molar-refractivity contribution in [1.82, 2.24) is 0 Å². The van der Waals surface area contributed by atoms with Crippen LogP contribution in [0.4, 0.5) is 0 Å². The number of aromatic carboxylic acids is 1. The summed E-state index contributed by atoms with van der Waals surface area (Å²) in [5, 5.41) is 8.94. The Bertz CT molecular complexity index is 399. The summed E-state index contributed by atoms with van der Waals surface area (Å²) >= 11 is 3.18. The molecule has 1 heterocycles. The molecule has 0 radical (unpaired) electrons. The number of hydrogen-bond acceptors (Lipinski definition) is 3. The zero-order valence-corrected chi connectivity index (χ0v) is 10.1. The monoisotopic (exact) mass is 286 g/mol. The second-order valence-electron chi connectivity index (χ2n) is 3.55. The molecular weight excluding hydrogens is 276 g/mol. The quantitative estimate of drug-likeness (QED) is 0.927. The molecule has 1 saturated heterocycles. The first-order valence-corrected chi connectivity index (χ1v) is 5.73. The number of benzene rings is 1. The Labute approximate surface area is 101 Å². The summed E-state index contributed by atoms with van der Waals surface area (Å²) in [4.78, 5) is 10.9. The zero-order chi connectivity index (χ0) is 11.5. The van der Waals surface area contributed by atoms with Crippen molar-refractivity contribution in [3.8, 4) is 5.75 Å². The van der Waals surface area contributed by atoms with E-state index in [2.05, 4.69) is 15.9 Å². The normalized spacial score (nSPS) is 19.7. The topological polar surface area (TPSA) is 55.8 Å². The number of carboxylic acid groups (broad SMARTS) is 1. The van der Waals surface area contributed by atoms with Crippen LogP contribution in [0.5, 0.6) is 5.75 Å². The third kappa shape index (κ3) is 2.54. The summed E-state index contributed by atoms with van der Waals surface area (Å²) in [5.41, 5.74) is 0.205. The molecule has 86 valence electrons. The fraction of sp³-hybridized carbons (Fsp3) is 0.364. The van der Waals surface area contributed by atoms with E-state index in [1.54, 1.807) is 12.1 Å². The summed E-state index contributed by atoms with van der Waals surface area (Å²) in [6, 6.07) is 4.94. The van der Waals surface area contributed by atoms with E-state index in [9.17, 15) is 4.79 Å². The van der Waals surface area contributed by atoms with Gasteiger partial charge in [0.15, 0.2) is 0 Å². The van der Waals surface area contributed by atoms with Gasteiger partial charge in [0, 0.05) is 10.9 Å². The van der Waals surface area contributed by atoms with Crippen LogP contribution in [0.1, 0.15) is 16.8 Å². The molecule has 1 atom stereocenters. The molecule has 4 nitrogen and oxygen atoms in total. The molecule has 2 rings (SSSR count). The van der Waals surface area contributed by atoms with Crippen LogP contribution in [-0.2, 0) is 4.74 Å². The van der Waals surface area contributed by atoms with Gasteiger partial charge in [0.2, 0.25) is 0 Å². The molecule has 0 spiro atoms. The first kappa shape index (κ1) is 11.4. The maximum atomic E-state index is 10.9. The van der Waals surface area contributed by atoms with Gasteiger partial charge in [0.25, 0.3) is 0 Å². The number of ether oxygens (including phenoxy) is 2. The van der Waals surface area contributed by atoms with Crippen molar-refractivity contribution in [1.29, 1.82) is 0 Å². The largest absolute Gasteiger partial charge is 0.488 e. The molecule has 0 aliphatic carbocycles. The Morgan fingerprint density at radius 1 is 1.56 bits per heavy atom. The van der Waals surface area contributed by atoms with E-state index in [0.717, 1.165) is 6.42 Å². The van der Waals surface area contributed by atoms with Crippen LogP contribution in [0, 0.1) is 0 Å². The van der Waals surface area contributed by atoms with Crippen molar-refractivity contribution in [2.75, 3.05) is 13.2 Å². The smallest absolute Gasteiger partial charge is 0.336 e. The molecule has 1 aromatic rings. The molecule has 0 amide bonds. The van der Waals surface area contributed by atoms with E-state index in [1.165, 1.54) is 6.07 Å². The Morgan fingerprint density at radius 3 is 3.00 bits per heavy atom. The minimum atomic E-state index is -0.972. The van der Waals surface area contributed by atoms with Crippen LogP contribution in [0.2, 0.25) is 0 Å². The highest BCUT2D eigenvalue weighted by molar-refractivity contribution is 9.10. The number of carboxylic acids is 1. The van der Waals surface area contributed by atoms with Crippen LogP contribution in [0.25, 0.3) is 0 Å². The van der Waals surface area contributed by atoms with Crippen molar-refractivity contribution >= 4 is 21.9 Å². The van der Waals surface area contributed by atoms with Crippen LogP contribution in [0.15, 0.2) is 22.7 Å². The van der Waals surface area contributed by atoms with Gasteiger partial charge >= 0.3 is 5.97 Å². The number of halogens is 1. The second-order valence-corrected chi connectivity index (χ2v) is 4.40. The summed E-state index contributed by atoms with van der Waals surface area (Å²) in [7, 11) is 0. The van der Waals surface area contributed by atoms with Gasteiger partial charge in [-0.1, -0.05) is 0 Å². The lowest BCUT2D eigenvalue weighted by atomic mass is 10.2. The average Bonchev–Trinajstić information content (AvgIpc) is 2.73. The van der Waals surface area contributed by atoms with Gasteiger partial charge in [-0.15, -0.1) is 0 Å². The Hall–Kier alpha value is -1.07. The maximum absolute atomic E-state index is 10.9. The third-order valence-electron chi connectivity index (χ3n) is 2.36. The summed E-state index contributed by atoms with van der Waals surface area (Å²) < 4.78 is 11.3. The van der Waals surface area contributed by atoms with Gasteiger partial charge in [0.1, 0.15) is 11.9 Å². The Morgan fingerprint density at radius 2 is 2.38 bits per heavy atom. The van der Waals surface area contributed by atoms with Gasteiger partial charge in [-0.05, 0) is 34.1 Å². The number of rotatable bonds is 3. The Kier molecular flexibility index (Phi) is 3.46. The molecule has 0 saturated carbocycles. The fourth-order valence-electron chi connectivity index (χ4n) is 1.54. The lowest BCUT2D eigenvalue weighted by Crippen LogP contribution is -2.16. The number of hydrogen-bond donors (Lipinski definition) is 1. The molecule has 5 heteroatoms. The summed E-state index contributed by atoms with van der Waals surface area (Å²) in [5.74, 6) is -0.406. The van der Waals surface area contributed by atoms with Crippen molar-refractivity contribution in [2.45, 2.75) is 12.5 Å². The minimum Gasteiger partial charge on any atom is -0.488 e. The highest BCUT2D eigenvalue weighted by Gasteiger charge is 2.18. The van der Waals surface area contributed by atoms with E-state index in [4.69, 9.17) is 14.6 Å². The van der Waals surface area contributed by atoms with Gasteiger partial charge in [0.05, 0.1) is 18.8 Å². The highest BCUT2D eigenvalue weighted by atomic mass is 79.9. The first-order valence-electron chi connectivity index (χ1n) is 4.94. The van der Waals surface area contributed by atoms with Gasteiger partial charge in [-0.3, -0.25) is 0 Å². The van der Waals surface area contributed by atoms with E-state index >= 15 is 0 Å². The molecule has 0 aromatic heterocycles. The van der Waals surface area contributed by atoms with Crippen LogP contribution in [-0.4, -0.2) is 30.4 Å². The standard InChI is InChI=1S/C11H11BrO4/c12-10-2-1-7(5-9(10)11(13)14)16-8-3-4-15-6-8/h1-2,5,8H,3-4,6H2,(H,13,14). The van der Waals surface area contributed by atoms with Crippen molar-refractivity contribution in [3.05, 3.63) is 28.2 Å². The average molecular weight is 287 g/mol. The summed E-state index contributed by atoms with van der Waals surface area (Å²) in [6.45, 7) is 1.27. The predicted octanol–water partition coefficient (Wildman–Crippen LogP) is 2.32. The van der Waals surface area contributed by atoms with Crippen molar-refractivity contribution < 1.29 is 19.4 Å². The number of carbonyl (C=O) groups is 1. The van der Waals surface area contributed by atoms with Gasteiger partial charge in [-0.25, -0.2) is 4.79 Å². The van der Waals surface area contributed by atoms with E-state index in [1.807, 2.05) is 0 Å². The van der Waals surface area contributed by atoms with Crippen LogP contribution < -0.4 is 4.74 Å².